The van der Waals surface area contributed by atoms with Gasteiger partial charge in [0.05, 0.1) is 18.3 Å². The molecule has 2 N–H and O–H groups in total. The number of esters is 1. The van der Waals surface area contributed by atoms with Gasteiger partial charge in [-0.3, -0.25) is 29.4 Å². The van der Waals surface area contributed by atoms with Crippen molar-refractivity contribution in [3.8, 4) is 0 Å². The van der Waals surface area contributed by atoms with Gasteiger partial charge in [-0.15, -0.1) is 0 Å². The fourth-order valence-electron chi connectivity index (χ4n) is 3.62. The summed E-state index contributed by atoms with van der Waals surface area (Å²) in [5.74, 6) is -2.86. The number of ether oxygens (including phenoxy) is 1. The number of amides is 5. The van der Waals surface area contributed by atoms with Gasteiger partial charge < -0.3 is 10.1 Å². The Kier molecular flexibility index (Phi) is 6.61. The zero-order valence-corrected chi connectivity index (χ0v) is 16.5. The number of allylic oxidation sites excluding steroid dienone is 2. The molecule has 0 radical (unpaired) electrons. The Bertz CT molecular complexity index is 856. The van der Waals surface area contributed by atoms with Gasteiger partial charge in [0.1, 0.15) is 0 Å². The van der Waals surface area contributed by atoms with Crippen molar-refractivity contribution in [1.29, 1.82) is 0 Å². The van der Waals surface area contributed by atoms with E-state index in [0.717, 1.165) is 4.90 Å². The second-order valence-electron chi connectivity index (χ2n) is 7.08. The number of imide groups is 2. The Morgan fingerprint density at radius 2 is 1.67 bits per heavy atom. The van der Waals surface area contributed by atoms with E-state index in [1.807, 2.05) is 12.2 Å². The van der Waals surface area contributed by atoms with Gasteiger partial charge in [-0.25, -0.2) is 4.79 Å². The molecular weight excluding hydrogens is 390 g/mol. The van der Waals surface area contributed by atoms with Crippen molar-refractivity contribution in [1.82, 2.24) is 15.5 Å². The lowest BCUT2D eigenvalue weighted by Crippen LogP contribution is -2.41. The van der Waals surface area contributed by atoms with Gasteiger partial charge in [-0.05, 0) is 12.8 Å². The number of fused-ring (bicyclic) bond motifs is 1. The van der Waals surface area contributed by atoms with Crippen molar-refractivity contribution in [2.24, 2.45) is 11.8 Å². The molecule has 1 aliphatic heterocycles. The predicted octanol–water partition coefficient (Wildman–Crippen LogP) is 1.07. The summed E-state index contributed by atoms with van der Waals surface area (Å²) in [4.78, 5) is 62.3. The van der Waals surface area contributed by atoms with Gasteiger partial charge in [0.2, 0.25) is 17.9 Å². The normalized spacial score (nSPS) is 21.0. The number of nitrogens with one attached hydrogen (secondary N) is 2. The molecule has 9 nitrogen and oxygen atoms in total. The molecule has 2 aliphatic rings. The van der Waals surface area contributed by atoms with E-state index in [0.29, 0.717) is 18.4 Å². The first-order chi connectivity index (χ1) is 14.4. The van der Waals surface area contributed by atoms with Crippen LogP contribution in [0.2, 0.25) is 0 Å². The molecule has 1 fully saturated rings. The summed E-state index contributed by atoms with van der Waals surface area (Å²) >= 11 is 0. The lowest BCUT2D eigenvalue weighted by Gasteiger charge is -2.19. The molecule has 158 valence electrons. The smallest absolute Gasteiger partial charge is 0.321 e. The molecule has 3 atom stereocenters. The molecule has 1 saturated heterocycles. The molecule has 0 bridgehead atoms. The Hall–Kier alpha value is -3.49. The summed E-state index contributed by atoms with van der Waals surface area (Å²) in [6, 6.07) is 7.51. The third kappa shape index (κ3) is 4.56. The Morgan fingerprint density at radius 1 is 1.07 bits per heavy atom. The summed E-state index contributed by atoms with van der Waals surface area (Å²) in [6.45, 7) is -0.109. The molecule has 1 heterocycles. The number of rotatable bonds is 6. The fraction of sp³-hybridized carbons (Fsp3) is 0.381. The van der Waals surface area contributed by atoms with Gasteiger partial charge in [-0.1, -0.05) is 42.5 Å². The maximum atomic E-state index is 12.5. The molecule has 0 saturated carbocycles. The third-order valence-corrected chi connectivity index (χ3v) is 5.19. The maximum absolute atomic E-state index is 12.5. The van der Waals surface area contributed by atoms with Crippen LogP contribution in [-0.2, 0) is 23.9 Å². The van der Waals surface area contributed by atoms with Crippen LogP contribution in [0.5, 0.6) is 0 Å². The van der Waals surface area contributed by atoms with Crippen molar-refractivity contribution in [3.05, 3.63) is 48.0 Å². The van der Waals surface area contributed by atoms with Crippen molar-refractivity contribution < 1.29 is 28.7 Å². The van der Waals surface area contributed by atoms with Crippen LogP contribution >= 0.6 is 0 Å². The molecule has 30 heavy (non-hydrogen) atoms. The van der Waals surface area contributed by atoms with Gasteiger partial charge in [0, 0.05) is 19.2 Å². The number of benzene rings is 1. The third-order valence-electron chi connectivity index (χ3n) is 5.19. The van der Waals surface area contributed by atoms with Crippen LogP contribution < -0.4 is 10.6 Å². The number of carbonyl (C=O) groups is 5. The van der Waals surface area contributed by atoms with E-state index in [4.69, 9.17) is 4.74 Å². The second-order valence-corrected chi connectivity index (χ2v) is 7.08. The van der Waals surface area contributed by atoms with E-state index in [1.165, 1.54) is 7.05 Å². The van der Waals surface area contributed by atoms with Gasteiger partial charge >= 0.3 is 12.0 Å². The number of hydrogen-bond donors (Lipinski definition) is 2. The van der Waals surface area contributed by atoms with Crippen LogP contribution in [0.25, 0.3) is 0 Å². The number of hydrogen-bond acceptors (Lipinski definition) is 6. The van der Waals surface area contributed by atoms with E-state index >= 15 is 0 Å². The topological polar surface area (TPSA) is 122 Å². The Morgan fingerprint density at radius 3 is 2.23 bits per heavy atom. The Labute approximate surface area is 173 Å². The molecule has 1 aromatic carbocycles. The summed E-state index contributed by atoms with van der Waals surface area (Å²) in [6.07, 6.45) is 3.23. The fourth-order valence-corrected chi connectivity index (χ4v) is 3.62. The number of carbonyl (C=O) groups excluding carboxylic acids is 5. The highest BCUT2D eigenvalue weighted by molar-refractivity contribution is 6.05. The van der Waals surface area contributed by atoms with Crippen LogP contribution in [-0.4, -0.2) is 48.2 Å². The predicted molar refractivity (Wildman–Crippen MR) is 105 cm³/mol. The van der Waals surface area contributed by atoms with Crippen molar-refractivity contribution in [2.45, 2.75) is 25.4 Å². The average molecular weight is 413 g/mol. The first-order valence-electron chi connectivity index (χ1n) is 9.69. The molecule has 0 spiro atoms. The average Bonchev–Trinajstić information content (AvgIpc) is 3.01. The van der Waals surface area contributed by atoms with E-state index in [9.17, 15) is 24.0 Å². The summed E-state index contributed by atoms with van der Waals surface area (Å²) < 4.78 is 5.30. The summed E-state index contributed by atoms with van der Waals surface area (Å²) in [5, 5.41) is 4.34. The molecule has 5 amide bonds. The van der Waals surface area contributed by atoms with Crippen LogP contribution in [0.15, 0.2) is 42.5 Å². The molecule has 9 heteroatoms. The van der Waals surface area contributed by atoms with Gasteiger partial charge in [0.25, 0.3) is 5.91 Å². The standard InChI is InChI=1S/C21H23N3O6/c1-22-21(29)23-18(26)17(13-7-3-2-4-8-13)30-16(25)11-12-24-19(27)14-9-5-6-10-15(14)20(24)28/h2-8,14-15,17H,9-12H2,1H3,(H2,22,23,26,29)/t14-,15+,17-/m1/s1. The lowest BCUT2D eigenvalue weighted by atomic mass is 9.85. The molecule has 0 unspecified atom stereocenters. The molecule has 3 rings (SSSR count). The number of urea groups is 1. The zero-order chi connectivity index (χ0) is 21.7. The minimum Gasteiger partial charge on any atom is -0.447 e. The highest BCUT2D eigenvalue weighted by Crippen LogP contribution is 2.35. The highest BCUT2D eigenvalue weighted by Gasteiger charge is 2.47. The first kappa shape index (κ1) is 21.2. The highest BCUT2D eigenvalue weighted by atomic mass is 16.5. The van der Waals surface area contributed by atoms with Crippen LogP contribution in [0, 0.1) is 11.8 Å². The second kappa shape index (κ2) is 9.34. The number of likely N-dealkylation sites (tertiary alicyclic amines) is 1. The molecule has 1 aromatic rings. The van der Waals surface area contributed by atoms with Crippen molar-refractivity contribution in [3.63, 3.8) is 0 Å². The van der Waals surface area contributed by atoms with Crippen molar-refractivity contribution in [2.75, 3.05) is 13.6 Å². The summed E-state index contributed by atoms with van der Waals surface area (Å²) in [7, 11) is 1.35. The monoisotopic (exact) mass is 413 g/mol. The zero-order valence-electron chi connectivity index (χ0n) is 16.5. The quantitative estimate of drug-likeness (QED) is 0.409. The van der Waals surface area contributed by atoms with Gasteiger partial charge in [0.15, 0.2) is 0 Å². The van der Waals surface area contributed by atoms with E-state index in [-0.39, 0.29) is 36.6 Å². The Balaban J connectivity index is 1.63. The van der Waals surface area contributed by atoms with E-state index < -0.39 is 24.0 Å². The maximum Gasteiger partial charge on any atom is 0.321 e. The lowest BCUT2D eigenvalue weighted by molar-refractivity contribution is -0.157. The largest absolute Gasteiger partial charge is 0.447 e. The van der Waals surface area contributed by atoms with Crippen LogP contribution in [0.1, 0.15) is 30.9 Å². The minimum atomic E-state index is -1.34. The minimum absolute atomic E-state index is 0.109. The van der Waals surface area contributed by atoms with E-state index in [1.54, 1.807) is 30.3 Å². The van der Waals surface area contributed by atoms with Crippen molar-refractivity contribution >= 4 is 29.7 Å². The summed E-state index contributed by atoms with van der Waals surface area (Å²) in [5.41, 5.74) is 0.387. The SMILES string of the molecule is CNC(=O)NC(=O)[C@H](OC(=O)CCN1C(=O)[C@H]2CC=CC[C@H]2C1=O)c1ccccc1. The van der Waals surface area contributed by atoms with E-state index in [2.05, 4.69) is 10.6 Å². The molecule has 1 aliphatic carbocycles. The van der Waals surface area contributed by atoms with Crippen LogP contribution in [0.3, 0.4) is 0 Å². The molecular formula is C21H23N3O6. The molecule has 0 aromatic heterocycles. The van der Waals surface area contributed by atoms with Crippen LogP contribution in [0.4, 0.5) is 4.79 Å². The number of nitrogens with zero attached hydrogens (tertiary/aromatic N) is 1. The van der Waals surface area contributed by atoms with Gasteiger partial charge in [-0.2, -0.15) is 0 Å². The first-order valence-corrected chi connectivity index (χ1v) is 9.69.